The Morgan fingerprint density at radius 3 is 2.24 bits per heavy atom. The van der Waals surface area contributed by atoms with Crippen LogP contribution in [0.15, 0.2) is 79.8 Å². The molecule has 6 rings (SSSR count). The maximum absolute atomic E-state index is 13.7. The number of hydrogen-bond acceptors (Lipinski definition) is 4. The number of rotatable bonds is 0. The molecule has 0 fully saturated rings. The number of aromatic amines is 1. The van der Waals surface area contributed by atoms with Crippen LogP contribution in [-0.2, 0) is 5.41 Å². The SMILES string of the molecule is N#CC1=C(N)Oc2c(c(=O)[nH]c3ccc(Cl)cc23)C12c1cc(Br)ccc1-c1ccc(Br)cc12. The Hall–Kier alpha value is -3.05. The number of nitrogens with one attached hydrogen (secondary N) is 1. The first kappa shape index (κ1) is 20.5. The Balaban J connectivity index is 1.91. The monoisotopic (exact) mass is 579 g/mol. The van der Waals surface area contributed by atoms with Crippen molar-refractivity contribution in [1.82, 2.24) is 4.98 Å². The molecule has 2 heterocycles. The molecule has 0 unspecified atom stereocenters. The van der Waals surface area contributed by atoms with Crippen molar-refractivity contribution < 1.29 is 4.74 Å². The van der Waals surface area contributed by atoms with Crippen LogP contribution in [0, 0.1) is 11.3 Å². The van der Waals surface area contributed by atoms with Gasteiger partial charge in [-0.2, -0.15) is 5.26 Å². The third-order valence-corrected chi connectivity index (χ3v) is 7.53. The third-order valence-electron chi connectivity index (χ3n) is 6.31. The number of H-pyrrole nitrogens is 1. The first-order valence-electron chi connectivity index (χ1n) is 9.91. The number of benzene rings is 3. The molecule has 3 aromatic carbocycles. The summed E-state index contributed by atoms with van der Waals surface area (Å²) < 4.78 is 7.63. The minimum absolute atomic E-state index is 0.0457. The quantitative estimate of drug-likeness (QED) is 0.262. The van der Waals surface area contributed by atoms with Crippen LogP contribution in [0.5, 0.6) is 5.75 Å². The van der Waals surface area contributed by atoms with Gasteiger partial charge in [0.2, 0.25) is 5.88 Å². The van der Waals surface area contributed by atoms with Crippen LogP contribution >= 0.6 is 43.5 Å². The summed E-state index contributed by atoms with van der Waals surface area (Å²) in [7, 11) is 0. The highest BCUT2D eigenvalue weighted by molar-refractivity contribution is 9.10. The summed E-state index contributed by atoms with van der Waals surface area (Å²) in [6.07, 6.45) is 0. The molecule has 3 N–H and O–H groups in total. The zero-order valence-electron chi connectivity index (χ0n) is 16.7. The molecule has 1 aliphatic carbocycles. The lowest BCUT2D eigenvalue weighted by Crippen LogP contribution is -2.41. The van der Waals surface area contributed by atoms with Gasteiger partial charge in [0.1, 0.15) is 17.4 Å². The minimum Gasteiger partial charge on any atom is -0.439 e. The van der Waals surface area contributed by atoms with E-state index < -0.39 is 5.41 Å². The largest absolute Gasteiger partial charge is 0.439 e. The van der Waals surface area contributed by atoms with E-state index in [9.17, 15) is 10.1 Å². The molecule has 33 heavy (non-hydrogen) atoms. The van der Waals surface area contributed by atoms with Crippen molar-refractivity contribution in [2.24, 2.45) is 5.73 Å². The molecule has 2 aliphatic rings. The normalized spacial score (nSPS) is 15.1. The van der Waals surface area contributed by atoms with Crippen molar-refractivity contribution in [3.05, 3.63) is 107 Å². The van der Waals surface area contributed by atoms with Gasteiger partial charge in [-0.25, -0.2) is 0 Å². The van der Waals surface area contributed by atoms with Gasteiger partial charge in [-0.15, -0.1) is 0 Å². The summed E-state index contributed by atoms with van der Waals surface area (Å²) in [5.74, 6) is 0.252. The Bertz CT molecular complexity index is 1630. The van der Waals surface area contributed by atoms with Gasteiger partial charge in [0.15, 0.2) is 0 Å². The zero-order chi connectivity index (χ0) is 23.1. The standard InChI is InChI=1S/C25H12Br2ClN3O2/c26-11-1-4-14-15-5-2-12(27)8-18(15)25(17(14)7-11)19(10-29)23(30)33-22-16-9-13(28)3-6-20(16)31-24(32)21(22)25/h1-9H,30H2,(H,31,32). The van der Waals surface area contributed by atoms with Gasteiger partial charge in [0.05, 0.1) is 16.5 Å². The summed E-state index contributed by atoms with van der Waals surface area (Å²) in [5.41, 5.74) is 9.20. The Morgan fingerprint density at radius 2 is 1.64 bits per heavy atom. The molecular formula is C25H12Br2ClN3O2. The molecule has 5 nitrogen and oxygen atoms in total. The number of allylic oxidation sites excluding steroid dienone is 1. The Kier molecular flexibility index (Phi) is 4.34. The Morgan fingerprint density at radius 1 is 1.00 bits per heavy atom. The number of nitrogens with two attached hydrogens (primary N) is 1. The second kappa shape index (κ2) is 6.97. The van der Waals surface area contributed by atoms with E-state index >= 15 is 0 Å². The van der Waals surface area contributed by atoms with E-state index in [1.807, 2.05) is 36.4 Å². The highest BCUT2D eigenvalue weighted by Crippen LogP contribution is 2.60. The van der Waals surface area contributed by atoms with Gasteiger partial charge in [-0.05, 0) is 64.7 Å². The first-order chi connectivity index (χ1) is 15.9. The summed E-state index contributed by atoms with van der Waals surface area (Å²) in [6, 6.07) is 19.1. The van der Waals surface area contributed by atoms with Crippen LogP contribution in [-0.4, -0.2) is 4.98 Å². The van der Waals surface area contributed by atoms with E-state index in [0.29, 0.717) is 27.2 Å². The molecule has 1 aliphatic heterocycles. The fourth-order valence-electron chi connectivity index (χ4n) is 5.10. The van der Waals surface area contributed by atoms with Crippen molar-refractivity contribution in [2.45, 2.75) is 5.41 Å². The van der Waals surface area contributed by atoms with Crippen LogP contribution in [0.1, 0.15) is 16.7 Å². The molecule has 0 amide bonds. The molecular weight excluding hydrogens is 570 g/mol. The van der Waals surface area contributed by atoms with Crippen LogP contribution in [0.2, 0.25) is 5.02 Å². The van der Waals surface area contributed by atoms with E-state index in [1.165, 1.54) is 0 Å². The molecule has 4 aromatic rings. The van der Waals surface area contributed by atoms with E-state index in [1.54, 1.807) is 18.2 Å². The van der Waals surface area contributed by atoms with Crippen LogP contribution < -0.4 is 16.0 Å². The van der Waals surface area contributed by atoms with Crippen molar-refractivity contribution in [2.75, 3.05) is 0 Å². The van der Waals surface area contributed by atoms with E-state index in [-0.39, 0.29) is 17.0 Å². The molecule has 0 saturated carbocycles. The number of nitriles is 1. The molecule has 0 saturated heterocycles. The second-order valence-electron chi connectivity index (χ2n) is 7.93. The fraction of sp³-hybridized carbons (Fsp3) is 0.0400. The third kappa shape index (κ3) is 2.60. The highest BCUT2D eigenvalue weighted by Gasteiger charge is 2.55. The minimum atomic E-state index is -1.26. The Labute approximate surface area is 209 Å². The summed E-state index contributed by atoms with van der Waals surface area (Å²) >= 11 is 13.4. The molecule has 1 aromatic heterocycles. The number of ether oxygens (including phenoxy) is 1. The predicted molar refractivity (Wildman–Crippen MR) is 134 cm³/mol. The van der Waals surface area contributed by atoms with Crippen LogP contribution in [0.3, 0.4) is 0 Å². The van der Waals surface area contributed by atoms with Gasteiger partial charge in [0, 0.05) is 19.4 Å². The maximum atomic E-state index is 13.7. The second-order valence-corrected chi connectivity index (χ2v) is 10.2. The number of nitrogens with zero attached hydrogens (tertiary/aromatic N) is 1. The lowest BCUT2D eigenvalue weighted by Gasteiger charge is -2.37. The van der Waals surface area contributed by atoms with Crippen LogP contribution in [0.4, 0.5) is 0 Å². The molecule has 0 atom stereocenters. The van der Waals surface area contributed by atoms with E-state index in [4.69, 9.17) is 22.1 Å². The molecule has 8 heteroatoms. The van der Waals surface area contributed by atoms with Gasteiger partial charge in [0.25, 0.3) is 5.56 Å². The topological polar surface area (TPSA) is 91.9 Å². The number of halogens is 3. The van der Waals surface area contributed by atoms with Crippen molar-refractivity contribution in [3.8, 4) is 22.9 Å². The highest BCUT2D eigenvalue weighted by atomic mass is 79.9. The van der Waals surface area contributed by atoms with Crippen molar-refractivity contribution in [1.29, 1.82) is 5.26 Å². The van der Waals surface area contributed by atoms with Gasteiger partial charge in [-0.1, -0.05) is 55.6 Å². The average molecular weight is 582 g/mol. The lowest BCUT2D eigenvalue weighted by molar-refractivity contribution is 0.384. The number of pyridine rings is 1. The summed E-state index contributed by atoms with van der Waals surface area (Å²) in [5, 5.41) is 11.4. The first-order valence-corrected chi connectivity index (χ1v) is 11.9. The van der Waals surface area contributed by atoms with Crippen molar-refractivity contribution >= 4 is 54.4 Å². The average Bonchev–Trinajstić information content (AvgIpc) is 3.04. The smallest absolute Gasteiger partial charge is 0.257 e. The van der Waals surface area contributed by atoms with Crippen LogP contribution in [0.25, 0.3) is 22.0 Å². The predicted octanol–water partition coefficient (Wildman–Crippen LogP) is 6.11. The van der Waals surface area contributed by atoms with Gasteiger partial charge in [-0.3, -0.25) is 4.79 Å². The van der Waals surface area contributed by atoms with Crippen molar-refractivity contribution in [3.63, 3.8) is 0 Å². The van der Waals surface area contributed by atoms with Gasteiger partial charge < -0.3 is 15.5 Å². The molecule has 0 bridgehead atoms. The fourth-order valence-corrected chi connectivity index (χ4v) is 5.99. The molecule has 160 valence electrons. The zero-order valence-corrected chi connectivity index (χ0v) is 20.6. The summed E-state index contributed by atoms with van der Waals surface area (Å²) in [4.78, 5) is 16.7. The van der Waals surface area contributed by atoms with E-state index in [0.717, 1.165) is 31.2 Å². The maximum Gasteiger partial charge on any atom is 0.257 e. The molecule has 1 spiro atoms. The number of aromatic nitrogens is 1. The lowest BCUT2D eigenvalue weighted by atomic mass is 9.66. The number of fused-ring (bicyclic) bond motifs is 9. The molecule has 0 radical (unpaired) electrons. The number of hydrogen-bond donors (Lipinski definition) is 2. The van der Waals surface area contributed by atoms with Gasteiger partial charge >= 0.3 is 0 Å². The summed E-state index contributed by atoms with van der Waals surface area (Å²) in [6.45, 7) is 0. The van der Waals surface area contributed by atoms with E-state index in [2.05, 4.69) is 42.9 Å².